The summed E-state index contributed by atoms with van der Waals surface area (Å²) in [5.74, 6) is -17.4. The molecule has 0 saturated carbocycles. The van der Waals surface area contributed by atoms with Crippen molar-refractivity contribution in [3.05, 3.63) is 0 Å². The molecule has 0 atom stereocenters. The SMILES string of the molecule is CCS(=O)(=O)/N=C(\[O-])C(F)(F)C(F)(F)C(F)(F)F. The van der Waals surface area contributed by atoms with Crippen molar-refractivity contribution in [1.82, 2.24) is 0 Å². The molecule has 0 bridgehead atoms. The quantitative estimate of drug-likeness (QED) is 0.441. The predicted molar refractivity (Wildman–Crippen MR) is 42.8 cm³/mol. The Hall–Kier alpha value is -1.07. The van der Waals surface area contributed by atoms with Gasteiger partial charge >= 0.3 is 18.0 Å². The lowest BCUT2D eigenvalue weighted by atomic mass is 10.1. The third kappa shape index (κ3) is 3.03. The molecule has 0 amide bonds. The van der Waals surface area contributed by atoms with Gasteiger partial charge in [0.15, 0.2) is 0 Å². The van der Waals surface area contributed by atoms with Crippen molar-refractivity contribution in [1.29, 1.82) is 0 Å². The lowest BCUT2D eigenvalue weighted by Crippen LogP contribution is -2.59. The Morgan fingerprint density at radius 1 is 1.11 bits per heavy atom. The van der Waals surface area contributed by atoms with Gasteiger partial charge in [-0.1, -0.05) is 0 Å². The zero-order valence-electron chi connectivity index (χ0n) is 8.43. The molecule has 0 N–H and O–H groups in total. The minimum atomic E-state index is -6.72. The molecule has 0 fully saturated rings. The number of hydrogen-bond donors (Lipinski definition) is 0. The Kier molecular flexibility index (Phi) is 4.28. The van der Waals surface area contributed by atoms with Crippen LogP contribution in [0.5, 0.6) is 0 Å². The van der Waals surface area contributed by atoms with Crippen molar-refractivity contribution in [3.8, 4) is 0 Å². The minimum absolute atomic E-state index is 0.826. The summed E-state index contributed by atoms with van der Waals surface area (Å²) in [7, 11) is -4.81. The highest BCUT2D eigenvalue weighted by Crippen LogP contribution is 2.46. The Bertz CT molecular complexity index is 439. The van der Waals surface area contributed by atoms with Crippen LogP contribution < -0.4 is 5.11 Å². The standard InChI is InChI=1S/C6H6F7NO3S/c1-2-18(16,17)14-3(15)4(7,8)5(9,10)6(11,12)13/h2H2,1H3,(H,14,15)/p-1. The predicted octanol–water partition coefficient (Wildman–Crippen LogP) is 0.928. The number of sulfonamides is 1. The molecule has 0 aliphatic heterocycles. The summed E-state index contributed by atoms with van der Waals surface area (Å²) in [6.07, 6.45) is -6.72. The molecule has 4 nitrogen and oxygen atoms in total. The number of hydrogen-bond acceptors (Lipinski definition) is 3. The largest absolute Gasteiger partial charge is 0.857 e. The van der Waals surface area contributed by atoms with E-state index in [1.165, 1.54) is 0 Å². The molecule has 0 aromatic heterocycles. The fourth-order valence-electron chi connectivity index (χ4n) is 0.561. The van der Waals surface area contributed by atoms with Gasteiger partial charge in [-0.2, -0.15) is 35.1 Å². The molecule has 0 aliphatic rings. The van der Waals surface area contributed by atoms with Crippen LogP contribution in [0.3, 0.4) is 0 Å². The molecule has 0 spiro atoms. The minimum Gasteiger partial charge on any atom is -0.857 e. The van der Waals surface area contributed by atoms with Crippen LogP contribution in [0.1, 0.15) is 6.92 Å². The maximum Gasteiger partial charge on any atom is 0.460 e. The molecule has 0 heterocycles. The Morgan fingerprint density at radius 2 is 1.50 bits per heavy atom. The van der Waals surface area contributed by atoms with E-state index in [1.807, 2.05) is 0 Å². The molecule has 0 aliphatic carbocycles. The molecule has 0 rings (SSSR count). The molecule has 0 saturated heterocycles. The van der Waals surface area contributed by atoms with E-state index in [-0.39, 0.29) is 0 Å². The van der Waals surface area contributed by atoms with Crippen LogP contribution in [0.4, 0.5) is 30.7 Å². The van der Waals surface area contributed by atoms with E-state index in [2.05, 4.69) is 0 Å². The van der Waals surface area contributed by atoms with E-state index in [1.54, 1.807) is 4.40 Å². The van der Waals surface area contributed by atoms with Crippen molar-refractivity contribution in [2.45, 2.75) is 24.9 Å². The fourth-order valence-corrected chi connectivity index (χ4v) is 1.06. The van der Waals surface area contributed by atoms with Gasteiger partial charge in [-0.25, -0.2) is 8.42 Å². The summed E-state index contributed by atoms with van der Waals surface area (Å²) in [5, 5.41) is 10.5. The highest BCUT2D eigenvalue weighted by molar-refractivity contribution is 7.90. The number of rotatable bonds is 4. The summed E-state index contributed by atoms with van der Waals surface area (Å²) in [6, 6.07) is 0. The fraction of sp³-hybridized carbons (Fsp3) is 0.833. The topological polar surface area (TPSA) is 69.6 Å². The molecule has 108 valence electrons. The van der Waals surface area contributed by atoms with Crippen molar-refractivity contribution in [2.75, 3.05) is 5.75 Å². The smallest absolute Gasteiger partial charge is 0.460 e. The van der Waals surface area contributed by atoms with E-state index in [0.717, 1.165) is 6.92 Å². The van der Waals surface area contributed by atoms with Gasteiger partial charge in [-0.3, -0.25) is 0 Å². The molecule has 0 aromatic rings. The maximum absolute atomic E-state index is 12.6. The third-order valence-corrected chi connectivity index (χ3v) is 2.78. The molecule has 0 unspecified atom stereocenters. The first-order chi connectivity index (χ1) is 7.69. The first-order valence-corrected chi connectivity index (χ1v) is 5.62. The average molecular weight is 304 g/mol. The van der Waals surface area contributed by atoms with E-state index < -0.39 is 39.7 Å². The Balaban J connectivity index is 5.69. The van der Waals surface area contributed by atoms with Crippen molar-refractivity contribution in [3.63, 3.8) is 0 Å². The zero-order valence-corrected chi connectivity index (χ0v) is 9.25. The van der Waals surface area contributed by atoms with E-state index >= 15 is 0 Å². The van der Waals surface area contributed by atoms with Gasteiger partial charge in [0.2, 0.25) is 0 Å². The lowest BCUT2D eigenvalue weighted by molar-refractivity contribution is -0.357. The zero-order chi connectivity index (χ0) is 15.0. The number of nitrogens with zero attached hydrogens (tertiary/aromatic N) is 1. The lowest BCUT2D eigenvalue weighted by Gasteiger charge is -2.31. The summed E-state index contributed by atoms with van der Waals surface area (Å²) >= 11 is 0. The maximum atomic E-state index is 12.6. The van der Waals surface area contributed by atoms with E-state index in [0.29, 0.717) is 0 Å². The highest BCUT2D eigenvalue weighted by Gasteiger charge is 2.73. The highest BCUT2D eigenvalue weighted by atomic mass is 32.2. The summed E-state index contributed by atoms with van der Waals surface area (Å²) < 4.78 is 107. The van der Waals surface area contributed by atoms with Crippen LogP contribution in [0.25, 0.3) is 0 Å². The number of alkyl halides is 7. The van der Waals surface area contributed by atoms with Gasteiger partial charge in [0.25, 0.3) is 10.0 Å². The first-order valence-electron chi connectivity index (χ1n) is 4.01. The first kappa shape index (κ1) is 16.9. The molecule has 0 aromatic carbocycles. The van der Waals surface area contributed by atoms with Crippen molar-refractivity contribution in [2.24, 2.45) is 4.40 Å². The molecular formula is C6H5F7NO3S-. The monoisotopic (exact) mass is 304 g/mol. The number of halogens is 7. The summed E-state index contributed by atoms with van der Waals surface area (Å²) in [4.78, 5) is 0. The summed E-state index contributed by atoms with van der Waals surface area (Å²) in [6.45, 7) is 0.826. The van der Waals surface area contributed by atoms with Crippen LogP contribution in [-0.4, -0.2) is 38.1 Å². The average Bonchev–Trinajstić information content (AvgIpc) is 2.15. The van der Waals surface area contributed by atoms with Gasteiger partial charge < -0.3 is 5.11 Å². The van der Waals surface area contributed by atoms with Crippen molar-refractivity contribution < 1.29 is 44.3 Å². The van der Waals surface area contributed by atoms with Crippen LogP contribution in [0.2, 0.25) is 0 Å². The van der Waals surface area contributed by atoms with Crippen LogP contribution in [-0.2, 0) is 10.0 Å². The van der Waals surface area contributed by atoms with Crippen molar-refractivity contribution >= 4 is 15.9 Å². The summed E-state index contributed by atoms with van der Waals surface area (Å²) in [5.41, 5.74) is 0. The molecule has 18 heavy (non-hydrogen) atoms. The van der Waals surface area contributed by atoms with E-state index in [4.69, 9.17) is 0 Å². The third-order valence-electron chi connectivity index (χ3n) is 1.61. The molecule has 0 radical (unpaired) electrons. The Labute approximate surface area is 96.2 Å². The second-order valence-corrected chi connectivity index (χ2v) is 4.84. The van der Waals surface area contributed by atoms with Gasteiger partial charge in [0, 0.05) is 0 Å². The second kappa shape index (κ2) is 4.55. The molecule has 12 heteroatoms. The van der Waals surface area contributed by atoms with E-state index in [9.17, 15) is 44.3 Å². The van der Waals surface area contributed by atoms with Crippen LogP contribution in [0.15, 0.2) is 4.40 Å². The van der Waals surface area contributed by atoms with Gasteiger partial charge in [-0.05, 0) is 6.92 Å². The van der Waals surface area contributed by atoms with Crippen LogP contribution >= 0.6 is 0 Å². The van der Waals surface area contributed by atoms with Gasteiger partial charge in [-0.15, -0.1) is 0 Å². The second-order valence-electron chi connectivity index (χ2n) is 2.91. The van der Waals surface area contributed by atoms with Gasteiger partial charge in [0.1, 0.15) is 0 Å². The molecular weight excluding hydrogens is 299 g/mol. The normalized spacial score (nSPS) is 15.9. The van der Waals surface area contributed by atoms with Crippen LogP contribution in [0, 0.1) is 0 Å². The Morgan fingerprint density at radius 3 is 1.78 bits per heavy atom. The van der Waals surface area contributed by atoms with Gasteiger partial charge in [0.05, 0.1) is 11.7 Å².